The van der Waals surface area contributed by atoms with E-state index in [-0.39, 0.29) is 6.03 Å². The van der Waals surface area contributed by atoms with Crippen LogP contribution >= 0.6 is 0 Å². The van der Waals surface area contributed by atoms with Crippen molar-refractivity contribution in [2.24, 2.45) is 0 Å². The molecule has 0 aromatic carbocycles. The number of hydrogen-bond donors (Lipinski definition) is 3. The summed E-state index contributed by atoms with van der Waals surface area (Å²) in [5.74, 6) is 0. The van der Waals surface area contributed by atoms with Gasteiger partial charge >= 0.3 is 6.03 Å². The Morgan fingerprint density at radius 3 is 2.69 bits per heavy atom. The van der Waals surface area contributed by atoms with Crippen LogP contribution in [-0.4, -0.2) is 31.2 Å². The van der Waals surface area contributed by atoms with Gasteiger partial charge in [0.25, 0.3) is 0 Å². The molecule has 0 radical (unpaired) electrons. The van der Waals surface area contributed by atoms with Crippen LogP contribution in [0.3, 0.4) is 0 Å². The largest absolute Gasteiger partial charge is 0.338 e. The topological polar surface area (TPSA) is 53.2 Å². The third-order valence-corrected chi connectivity index (χ3v) is 3.63. The highest BCUT2D eigenvalue weighted by Crippen LogP contribution is 2.17. The number of rotatable bonds is 4. The Morgan fingerprint density at radius 2 is 2.00 bits per heavy atom. The number of carbonyl (C=O) groups excluding carboxylic acids is 1. The molecule has 2 rings (SSSR count). The van der Waals surface area contributed by atoms with E-state index in [1.54, 1.807) is 0 Å². The van der Waals surface area contributed by atoms with E-state index >= 15 is 0 Å². The Bertz CT molecular complexity index is 220. The van der Waals surface area contributed by atoms with Gasteiger partial charge in [-0.2, -0.15) is 0 Å². The van der Waals surface area contributed by atoms with E-state index in [2.05, 4.69) is 16.0 Å². The molecular weight excluding hydrogens is 202 g/mol. The van der Waals surface area contributed by atoms with E-state index in [1.807, 2.05) is 0 Å². The Labute approximate surface area is 97.6 Å². The first-order chi connectivity index (χ1) is 7.84. The van der Waals surface area contributed by atoms with Crippen molar-refractivity contribution < 1.29 is 4.79 Å². The highest BCUT2D eigenvalue weighted by Gasteiger charge is 2.17. The lowest BCUT2D eigenvalue weighted by Crippen LogP contribution is -2.42. The molecule has 1 aliphatic carbocycles. The quantitative estimate of drug-likeness (QED) is 0.677. The summed E-state index contributed by atoms with van der Waals surface area (Å²) in [4.78, 5) is 11.5. The Hall–Kier alpha value is -0.770. The van der Waals surface area contributed by atoms with Crippen LogP contribution in [0.25, 0.3) is 0 Å². The first-order valence-electron chi connectivity index (χ1n) is 6.62. The van der Waals surface area contributed by atoms with Crippen molar-refractivity contribution in [1.82, 2.24) is 16.0 Å². The van der Waals surface area contributed by atoms with Crippen LogP contribution in [0.4, 0.5) is 4.79 Å². The summed E-state index contributed by atoms with van der Waals surface area (Å²) in [6, 6.07) is 1.06. The molecule has 2 fully saturated rings. The van der Waals surface area contributed by atoms with E-state index in [0.29, 0.717) is 12.1 Å². The minimum Gasteiger partial charge on any atom is -0.338 e. The van der Waals surface area contributed by atoms with Crippen LogP contribution in [0, 0.1) is 0 Å². The van der Waals surface area contributed by atoms with E-state index in [0.717, 1.165) is 32.4 Å². The summed E-state index contributed by atoms with van der Waals surface area (Å²) >= 11 is 0. The van der Waals surface area contributed by atoms with Gasteiger partial charge in [-0.25, -0.2) is 4.79 Å². The van der Waals surface area contributed by atoms with Crippen LogP contribution in [0.1, 0.15) is 44.9 Å². The first kappa shape index (κ1) is 11.7. The van der Waals surface area contributed by atoms with Gasteiger partial charge in [-0.3, -0.25) is 0 Å². The molecule has 92 valence electrons. The van der Waals surface area contributed by atoms with Gasteiger partial charge in [0, 0.05) is 18.6 Å². The van der Waals surface area contributed by atoms with Crippen molar-refractivity contribution in [1.29, 1.82) is 0 Å². The standard InChI is InChI=1S/C12H23N3O/c16-12(15-11-4-1-2-5-11)14-9-7-10-6-3-8-13-10/h10-11,13H,1-9H2,(H2,14,15,16)/t10-/m1/s1. The highest BCUT2D eigenvalue weighted by molar-refractivity contribution is 5.74. The maximum atomic E-state index is 11.5. The van der Waals surface area contributed by atoms with Gasteiger partial charge in [0.05, 0.1) is 0 Å². The van der Waals surface area contributed by atoms with E-state index in [9.17, 15) is 4.79 Å². The molecule has 2 aliphatic rings. The predicted octanol–water partition coefficient (Wildman–Crippen LogP) is 1.37. The van der Waals surface area contributed by atoms with Gasteiger partial charge in [-0.1, -0.05) is 12.8 Å². The third kappa shape index (κ3) is 3.67. The zero-order valence-corrected chi connectivity index (χ0v) is 9.93. The van der Waals surface area contributed by atoms with Crippen LogP contribution in [-0.2, 0) is 0 Å². The average molecular weight is 225 g/mol. The summed E-state index contributed by atoms with van der Waals surface area (Å²) in [6.45, 7) is 1.93. The predicted molar refractivity (Wildman–Crippen MR) is 64.4 cm³/mol. The van der Waals surface area contributed by atoms with Gasteiger partial charge in [0.15, 0.2) is 0 Å². The van der Waals surface area contributed by atoms with Crippen molar-refractivity contribution in [3.63, 3.8) is 0 Å². The molecule has 0 spiro atoms. The number of carbonyl (C=O) groups is 1. The van der Waals surface area contributed by atoms with Crippen molar-refractivity contribution in [2.45, 2.75) is 57.0 Å². The van der Waals surface area contributed by atoms with Crippen LogP contribution in [0.2, 0.25) is 0 Å². The lowest BCUT2D eigenvalue weighted by molar-refractivity contribution is 0.236. The summed E-state index contributed by atoms with van der Waals surface area (Å²) in [5, 5.41) is 9.41. The number of nitrogens with one attached hydrogen (secondary N) is 3. The second kappa shape index (κ2) is 6.09. The Balaban J connectivity index is 1.52. The SMILES string of the molecule is O=C(NCC[C@H]1CCCN1)NC1CCCC1. The molecule has 0 unspecified atom stereocenters. The summed E-state index contributed by atoms with van der Waals surface area (Å²) in [5.41, 5.74) is 0. The summed E-state index contributed by atoms with van der Waals surface area (Å²) in [6.07, 6.45) is 8.41. The zero-order valence-electron chi connectivity index (χ0n) is 9.93. The average Bonchev–Trinajstić information content (AvgIpc) is 2.90. The van der Waals surface area contributed by atoms with Crippen LogP contribution in [0.5, 0.6) is 0 Å². The van der Waals surface area contributed by atoms with Crippen LogP contribution < -0.4 is 16.0 Å². The molecule has 1 saturated heterocycles. The second-order valence-corrected chi connectivity index (χ2v) is 4.96. The van der Waals surface area contributed by atoms with E-state index in [4.69, 9.17) is 0 Å². The fourth-order valence-corrected chi connectivity index (χ4v) is 2.67. The normalized spacial score (nSPS) is 25.9. The number of hydrogen-bond acceptors (Lipinski definition) is 2. The third-order valence-electron chi connectivity index (χ3n) is 3.63. The van der Waals surface area contributed by atoms with Gasteiger partial charge in [0.1, 0.15) is 0 Å². The van der Waals surface area contributed by atoms with Gasteiger partial charge in [0.2, 0.25) is 0 Å². The Morgan fingerprint density at radius 1 is 1.19 bits per heavy atom. The zero-order chi connectivity index (χ0) is 11.2. The molecule has 0 aromatic rings. The lowest BCUT2D eigenvalue weighted by Gasteiger charge is -2.14. The van der Waals surface area contributed by atoms with Crippen molar-refractivity contribution in [3.8, 4) is 0 Å². The maximum absolute atomic E-state index is 11.5. The monoisotopic (exact) mass is 225 g/mol. The maximum Gasteiger partial charge on any atom is 0.315 e. The molecule has 1 atom stereocenters. The van der Waals surface area contributed by atoms with Gasteiger partial charge in [-0.15, -0.1) is 0 Å². The molecule has 4 nitrogen and oxygen atoms in total. The number of amides is 2. The van der Waals surface area contributed by atoms with Gasteiger partial charge < -0.3 is 16.0 Å². The van der Waals surface area contributed by atoms with Crippen molar-refractivity contribution >= 4 is 6.03 Å². The van der Waals surface area contributed by atoms with E-state index in [1.165, 1.54) is 25.7 Å². The van der Waals surface area contributed by atoms with Crippen molar-refractivity contribution in [2.75, 3.05) is 13.1 Å². The smallest absolute Gasteiger partial charge is 0.315 e. The molecule has 16 heavy (non-hydrogen) atoms. The molecule has 0 aromatic heterocycles. The fraction of sp³-hybridized carbons (Fsp3) is 0.917. The molecule has 4 heteroatoms. The van der Waals surface area contributed by atoms with Crippen LogP contribution in [0.15, 0.2) is 0 Å². The van der Waals surface area contributed by atoms with Gasteiger partial charge in [-0.05, 0) is 38.6 Å². The lowest BCUT2D eigenvalue weighted by atomic mass is 10.1. The molecule has 2 amide bonds. The molecule has 1 saturated carbocycles. The van der Waals surface area contributed by atoms with E-state index < -0.39 is 0 Å². The molecule has 1 aliphatic heterocycles. The summed E-state index contributed by atoms with van der Waals surface area (Å²) in [7, 11) is 0. The van der Waals surface area contributed by atoms with Crippen molar-refractivity contribution in [3.05, 3.63) is 0 Å². The number of urea groups is 1. The first-order valence-corrected chi connectivity index (χ1v) is 6.62. The molecule has 3 N–H and O–H groups in total. The Kier molecular flexibility index (Phi) is 4.45. The summed E-state index contributed by atoms with van der Waals surface area (Å²) < 4.78 is 0. The highest BCUT2D eigenvalue weighted by atomic mass is 16.2. The second-order valence-electron chi connectivity index (χ2n) is 4.96. The fourth-order valence-electron chi connectivity index (χ4n) is 2.67. The molecule has 0 bridgehead atoms. The minimum atomic E-state index is 0.0184. The molecule has 1 heterocycles. The minimum absolute atomic E-state index is 0.0184. The molecular formula is C12H23N3O.